The van der Waals surface area contributed by atoms with Crippen LogP contribution in [0.25, 0.3) is 6.08 Å². The fourth-order valence-electron chi connectivity index (χ4n) is 3.38. The molecule has 1 heterocycles. The summed E-state index contributed by atoms with van der Waals surface area (Å²) >= 11 is 12.0. The van der Waals surface area contributed by atoms with E-state index in [2.05, 4.69) is 4.90 Å². The molecule has 1 saturated heterocycles. The number of piperidine rings is 1. The molecule has 4 nitrogen and oxygen atoms in total. The summed E-state index contributed by atoms with van der Waals surface area (Å²) in [6.45, 7) is 2.75. The lowest BCUT2D eigenvalue weighted by atomic mass is 10.0. The Morgan fingerprint density at radius 2 is 1.93 bits per heavy atom. The number of nitrogens with zero attached hydrogens (tertiary/aromatic N) is 1. The Hall–Kier alpha value is -2.01. The molecule has 1 aliphatic heterocycles. The van der Waals surface area contributed by atoms with Crippen molar-refractivity contribution in [3.8, 4) is 11.5 Å². The number of rotatable bonds is 6. The highest BCUT2D eigenvalue weighted by atomic mass is 35.5. The zero-order valence-electron chi connectivity index (χ0n) is 15.8. The van der Waals surface area contributed by atoms with Gasteiger partial charge in [0.05, 0.1) is 12.7 Å². The molecule has 6 heteroatoms. The van der Waals surface area contributed by atoms with Gasteiger partial charge in [-0.1, -0.05) is 35.7 Å². The maximum absolute atomic E-state index is 12.7. The van der Waals surface area contributed by atoms with Gasteiger partial charge >= 0.3 is 0 Å². The summed E-state index contributed by atoms with van der Waals surface area (Å²) in [6, 6.07) is 8.30. The van der Waals surface area contributed by atoms with Crippen molar-refractivity contribution in [2.24, 2.45) is 0 Å². The van der Waals surface area contributed by atoms with Crippen LogP contribution in [0, 0.1) is 0 Å². The highest BCUT2D eigenvalue weighted by Gasteiger charge is 2.18. The number of hydrogen-bond acceptors (Lipinski definition) is 4. The summed E-state index contributed by atoms with van der Waals surface area (Å²) in [5.74, 6) is 0.187. The largest absolute Gasteiger partial charge is 0.507 e. The number of ketones is 1. The maximum Gasteiger partial charge on any atom is 0.189 e. The maximum atomic E-state index is 12.7. The minimum atomic E-state index is -0.300. The zero-order chi connectivity index (χ0) is 20.1. The van der Waals surface area contributed by atoms with Crippen molar-refractivity contribution < 1.29 is 14.6 Å². The quantitative estimate of drug-likeness (QED) is 0.489. The second kappa shape index (κ2) is 9.46. The van der Waals surface area contributed by atoms with Crippen LogP contribution in [0.3, 0.4) is 0 Å². The van der Waals surface area contributed by atoms with Crippen LogP contribution in [0.1, 0.15) is 40.7 Å². The van der Waals surface area contributed by atoms with Crippen LogP contribution in [-0.4, -0.2) is 36.0 Å². The lowest BCUT2D eigenvalue weighted by Crippen LogP contribution is -2.29. The van der Waals surface area contributed by atoms with E-state index in [0.717, 1.165) is 18.7 Å². The number of allylic oxidation sites excluding steroid dienone is 1. The molecule has 1 N–H and O–H groups in total. The topological polar surface area (TPSA) is 49.8 Å². The lowest BCUT2D eigenvalue weighted by Gasteiger charge is -2.27. The van der Waals surface area contributed by atoms with Crippen LogP contribution in [0.4, 0.5) is 0 Å². The second-order valence-electron chi connectivity index (χ2n) is 6.88. The molecule has 0 saturated carbocycles. The Balaban J connectivity index is 1.84. The zero-order valence-corrected chi connectivity index (χ0v) is 17.3. The molecule has 0 aliphatic carbocycles. The number of ether oxygens (including phenoxy) is 1. The molecule has 28 heavy (non-hydrogen) atoms. The Labute approximate surface area is 175 Å². The first-order valence-corrected chi connectivity index (χ1v) is 10.0. The lowest BCUT2D eigenvalue weighted by molar-refractivity contribution is 0.104. The smallest absolute Gasteiger partial charge is 0.189 e. The number of likely N-dealkylation sites (tertiary alicyclic amines) is 1. The third-order valence-corrected chi connectivity index (χ3v) is 5.45. The van der Waals surface area contributed by atoms with E-state index < -0.39 is 0 Å². The Morgan fingerprint density at radius 3 is 2.61 bits per heavy atom. The van der Waals surface area contributed by atoms with Crippen molar-refractivity contribution in [1.82, 2.24) is 4.90 Å². The summed E-state index contributed by atoms with van der Waals surface area (Å²) in [7, 11) is 1.57. The molecular weight excluding hydrogens is 397 g/mol. The molecule has 148 valence electrons. The van der Waals surface area contributed by atoms with Crippen molar-refractivity contribution >= 4 is 35.1 Å². The molecule has 0 amide bonds. The Morgan fingerprint density at radius 1 is 1.18 bits per heavy atom. The van der Waals surface area contributed by atoms with Gasteiger partial charge in [-0.25, -0.2) is 0 Å². The van der Waals surface area contributed by atoms with Crippen molar-refractivity contribution in [2.75, 3.05) is 20.2 Å². The summed E-state index contributed by atoms with van der Waals surface area (Å²) in [5.41, 5.74) is 1.82. The molecule has 0 atom stereocenters. The molecule has 3 rings (SSSR count). The van der Waals surface area contributed by atoms with Crippen molar-refractivity contribution in [2.45, 2.75) is 25.8 Å². The van der Waals surface area contributed by atoms with Crippen LogP contribution in [-0.2, 0) is 6.54 Å². The minimum Gasteiger partial charge on any atom is -0.507 e. The number of methoxy groups -OCH3 is 1. The first-order valence-electron chi connectivity index (χ1n) is 9.27. The van der Waals surface area contributed by atoms with Gasteiger partial charge in [0, 0.05) is 28.2 Å². The van der Waals surface area contributed by atoms with Gasteiger partial charge in [0.2, 0.25) is 0 Å². The highest BCUT2D eigenvalue weighted by molar-refractivity contribution is 6.35. The van der Waals surface area contributed by atoms with E-state index in [0.29, 0.717) is 27.9 Å². The molecule has 1 aliphatic rings. The van der Waals surface area contributed by atoms with Gasteiger partial charge in [0.15, 0.2) is 5.78 Å². The number of carbonyl (C=O) groups excluding carboxylic acids is 1. The summed E-state index contributed by atoms with van der Waals surface area (Å²) < 4.78 is 5.41. The number of hydrogen-bond donors (Lipinski definition) is 1. The van der Waals surface area contributed by atoms with E-state index >= 15 is 0 Å². The van der Waals surface area contributed by atoms with Gasteiger partial charge in [0.25, 0.3) is 0 Å². The summed E-state index contributed by atoms with van der Waals surface area (Å²) in [6.07, 6.45) is 6.63. The SMILES string of the molecule is COc1cc(O)c(C(=O)/C=C/c2ccc(Cl)cc2Cl)cc1CN1CCCCC1. The van der Waals surface area contributed by atoms with E-state index in [9.17, 15) is 9.90 Å². The molecule has 0 unspecified atom stereocenters. The monoisotopic (exact) mass is 419 g/mol. The first-order chi connectivity index (χ1) is 13.5. The van der Waals surface area contributed by atoms with E-state index in [1.807, 2.05) is 0 Å². The van der Waals surface area contributed by atoms with Gasteiger partial charge < -0.3 is 9.84 Å². The van der Waals surface area contributed by atoms with Gasteiger partial charge in [-0.15, -0.1) is 0 Å². The average Bonchev–Trinajstić information content (AvgIpc) is 2.69. The van der Waals surface area contributed by atoms with Crippen molar-refractivity contribution in [1.29, 1.82) is 0 Å². The first kappa shape index (κ1) is 20.7. The standard InChI is InChI=1S/C22H23Cl2NO3/c1-28-22-13-21(27)18(11-16(22)14-25-9-3-2-4-10-25)20(26)8-6-15-5-7-17(23)12-19(15)24/h5-8,11-13,27H,2-4,9-10,14H2,1H3/b8-6+. The van der Waals surface area contributed by atoms with Crippen LogP contribution in [0.2, 0.25) is 10.0 Å². The van der Waals surface area contributed by atoms with Gasteiger partial charge in [0.1, 0.15) is 11.5 Å². The van der Waals surface area contributed by atoms with E-state index in [1.54, 1.807) is 37.5 Å². The molecule has 2 aromatic carbocycles. The number of carbonyl (C=O) groups is 1. The second-order valence-corrected chi connectivity index (χ2v) is 7.73. The predicted molar refractivity (Wildman–Crippen MR) is 114 cm³/mol. The van der Waals surface area contributed by atoms with Crippen LogP contribution < -0.4 is 4.74 Å². The molecule has 0 bridgehead atoms. The number of benzene rings is 2. The van der Waals surface area contributed by atoms with Crippen molar-refractivity contribution in [3.05, 3.63) is 63.1 Å². The minimum absolute atomic E-state index is 0.101. The fraction of sp³-hybridized carbons (Fsp3) is 0.318. The summed E-state index contributed by atoms with van der Waals surface area (Å²) in [4.78, 5) is 15.0. The van der Waals surface area contributed by atoms with E-state index in [-0.39, 0.29) is 17.1 Å². The van der Waals surface area contributed by atoms with Crippen molar-refractivity contribution in [3.63, 3.8) is 0 Å². The van der Waals surface area contributed by atoms with Crippen LogP contribution in [0.5, 0.6) is 11.5 Å². The van der Waals surface area contributed by atoms with Gasteiger partial charge in [-0.05, 0) is 61.8 Å². The van der Waals surface area contributed by atoms with Crippen LogP contribution >= 0.6 is 23.2 Å². The highest BCUT2D eigenvalue weighted by Crippen LogP contribution is 2.31. The molecule has 0 spiro atoms. The molecule has 1 fully saturated rings. The average molecular weight is 420 g/mol. The normalized spacial score (nSPS) is 15.1. The Bertz CT molecular complexity index is 890. The van der Waals surface area contributed by atoms with E-state index in [4.69, 9.17) is 27.9 Å². The molecule has 0 radical (unpaired) electrons. The predicted octanol–water partition coefficient (Wildman–Crippen LogP) is 5.59. The van der Waals surface area contributed by atoms with E-state index in [1.165, 1.54) is 31.4 Å². The van der Waals surface area contributed by atoms with Crippen LogP contribution in [0.15, 0.2) is 36.4 Å². The number of phenolic OH excluding ortho intramolecular Hbond substituents is 1. The number of phenols is 1. The third kappa shape index (κ3) is 5.07. The third-order valence-electron chi connectivity index (χ3n) is 4.88. The number of halogens is 2. The van der Waals surface area contributed by atoms with Gasteiger partial charge in [-0.2, -0.15) is 0 Å². The summed E-state index contributed by atoms with van der Waals surface area (Å²) in [5, 5.41) is 11.3. The molecular formula is C22H23Cl2NO3. The Kier molecular flexibility index (Phi) is 7.00. The molecule has 0 aromatic heterocycles. The molecule has 2 aromatic rings. The fourth-order valence-corrected chi connectivity index (χ4v) is 3.85. The number of aromatic hydroxyl groups is 1. The van der Waals surface area contributed by atoms with Gasteiger partial charge in [-0.3, -0.25) is 9.69 Å².